The number of aryl methyl sites for hydroxylation is 2. The van der Waals surface area contributed by atoms with E-state index in [-0.39, 0.29) is 6.04 Å². The van der Waals surface area contributed by atoms with E-state index < -0.39 is 6.09 Å². The topological polar surface area (TPSA) is 97.3 Å². The summed E-state index contributed by atoms with van der Waals surface area (Å²) >= 11 is 0. The number of H-pyrrole nitrogens is 1. The molecule has 2 heterocycles. The summed E-state index contributed by atoms with van der Waals surface area (Å²) in [4.78, 5) is 22.8. The molecule has 0 aliphatic carbocycles. The molecule has 8 heteroatoms. The lowest BCUT2D eigenvalue weighted by molar-refractivity contribution is 0.0375. The van der Waals surface area contributed by atoms with E-state index in [9.17, 15) is 4.79 Å². The van der Waals surface area contributed by atoms with Gasteiger partial charge in [-0.05, 0) is 55.2 Å². The summed E-state index contributed by atoms with van der Waals surface area (Å²) < 4.78 is 5.62. The van der Waals surface area contributed by atoms with Gasteiger partial charge in [0, 0.05) is 38.3 Å². The molecule has 0 bridgehead atoms. The van der Waals surface area contributed by atoms with Crippen LogP contribution in [0.25, 0.3) is 17.1 Å². The molecular formula is C31H32N6O2. The van der Waals surface area contributed by atoms with Crippen molar-refractivity contribution in [3.63, 3.8) is 0 Å². The lowest BCUT2D eigenvalue weighted by atomic mass is 10.0. The molecule has 4 aromatic rings. The minimum Gasteiger partial charge on any atom is -0.409 e. The molecule has 0 saturated carbocycles. The maximum Gasteiger partial charge on any atom is 0.427 e. The molecule has 198 valence electrons. The van der Waals surface area contributed by atoms with Gasteiger partial charge in [-0.1, -0.05) is 54.6 Å². The van der Waals surface area contributed by atoms with E-state index in [1.54, 1.807) is 12.1 Å². The lowest BCUT2D eigenvalue weighted by Gasteiger charge is -2.40. The van der Waals surface area contributed by atoms with Crippen molar-refractivity contribution >= 4 is 23.2 Å². The molecule has 0 radical (unpaired) electrons. The minimum absolute atomic E-state index is 0.102. The summed E-state index contributed by atoms with van der Waals surface area (Å²) in [6.07, 6.45) is 5.52. The number of hydrazine groups is 1. The van der Waals surface area contributed by atoms with Crippen LogP contribution in [0, 0.1) is 18.3 Å². The predicted octanol–water partition coefficient (Wildman–Crippen LogP) is 5.08. The second-order valence-electron chi connectivity index (χ2n) is 9.77. The van der Waals surface area contributed by atoms with Crippen molar-refractivity contribution in [1.29, 1.82) is 5.26 Å². The van der Waals surface area contributed by atoms with Gasteiger partial charge in [-0.3, -0.25) is 10.3 Å². The van der Waals surface area contributed by atoms with Crippen LogP contribution in [0.1, 0.15) is 28.9 Å². The number of carbonyl (C=O) groups excluding carboxylic acids is 1. The highest BCUT2D eigenvalue weighted by atomic mass is 16.6. The highest BCUT2D eigenvalue weighted by Gasteiger charge is 2.28. The number of nitrogens with one attached hydrogen (secondary N) is 2. The fourth-order valence-corrected chi connectivity index (χ4v) is 4.89. The first-order valence-electron chi connectivity index (χ1n) is 13.2. The van der Waals surface area contributed by atoms with Crippen molar-refractivity contribution in [3.8, 4) is 11.8 Å². The molecule has 1 aliphatic rings. The summed E-state index contributed by atoms with van der Waals surface area (Å²) in [5.41, 5.74) is 7.65. The Bertz CT molecular complexity index is 1470. The van der Waals surface area contributed by atoms with Gasteiger partial charge >= 0.3 is 6.09 Å². The Morgan fingerprint density at radius 3 is 2.77 bits per heavy atom. The molecule has 5 rings (SSSR count). The SMILES string of the molecule is Cc1nc2ccc(OC(=O)NN3CCN(CC=Cc4ccccc4)CC3CCc3ccc(C#N)cc3)cc2[nH]1. The molecule has 1 fully saturated rings. The fraction of sp³-hybridized carbons (Fsp3) is 0.258. The van der Waals surface area contributed by atoms with Crippen molar-refractivity contribution < 1.29 is 9.53 Å². The van der Waals surface area contributed by atoms with E-state index in [0.29, 0.717) is 17.9 Å². The number of amides is 1. The fourth-order valence-electron chi connectivity index (χ4n) is 4.89. The normalized spacial score (nSPS) is 16.4. The zero-order valence-corrected chi connectivity index (χ0v) is 22.0. The number of nitrogens with zero attached hydrogens (tertiary/aromatic N) is 4. The quantitative estimate of drug-likeness (QED) is 0.336. The van der Waals surface area contributed by atoms with Crippen LogP contribution in [-0.2, 0) is 6.42 Å². The number of hydrogen-bond acceptors (Lipinski definition) is 6. The van der Waals surface area contributed by atoms with Crippen molar-refractivity contribution in [3.05, 3.63) is 101 Å². The van der Waals surface area contributed by atoms with Crippen LogP contribution in [0.3, 0.4) is 0 Å². The molecule has 8 nitrogen and oxygen atoms in total. The van der Waals surface area contributed by atoms with Crippen molar-refractivity contribution in [2.45, 2.75) is 25.8 Å². The van der Waals surface area contributed by atoms with Gasteiger partial charge in [0.15, 0.2) is 0 Å². The van der Waals surface area contributed by atoms with Gasteiger partial charge in [0.2, 0.25) is 0 Å². The van der Waals surface area contributed by atoms with Gasteiger partial charge in [-0.25, -0.2) is 14.8 Å². The molecule has 2 N–H and O–H groups in total. The van der Waals surface area contributed by atoms with E-state index in [4.69, 9.17) is 10.00 Å². The first-order chi connectivity index (χ1) is 19.1. The van der Waals surface area contributed by atoms with E-state index in [1.165, 1.54) is 11.1 Å². The molecule has 0 spiro atoms. The van der Waals surface area contributed by atoms with Crippen molar-refractivity contribution in [2.75, 3.05) is 26.2 Å². The first-order valence-corrected chi connectivity index (χ1v) is 13.2. The van der Waals surface area contributed by atoms with Crippen LogP contribution in [0.5, 0.6) is 5.75 Å². The average Bonchev–Trinajstić information content (AvgIpc) is 3.33. The molecule has 1 saturated heterocycles. The number of imidazole rings is 1. The molecule has 1 aliphatic heterocycles. The number of hydrogen-bond donors (Lipinski definition) is 2. The third-order valence-electron chi connectivity index (χ3n) is 6.91. The first kappa shape index (κ1) is 26.2. The maximum atomic E-state index is 12.9. The van der Waals surface area contributed by atoms with Gasteiger partial charge < -0.3 is 9.72 Å². The Hall–Kier alpha value is -4.45. The van der Waals surface area contributed by atoms with Gasteiger partial charge in [0.1, 0.15) is 11.6 Å². The van der Waals surface area contributed by atoms with Crippen molar-refractivity contribution in [2.24, 2.45) is 0 Å². The van der Waals surface area contributed by atoms with E-state index in [2.05, 4.69) is 50.6 Å². The predicted molar refractivity (Wildman–Crippen MR) is 152 cm³/mol. The second-order valence-corrected chi connectivity index (χ2v) is 9.77. The highest BCUT2D eigenvalue weighted by Crippen LogP contribution is 2.20. The molecule has 1 aromatic heterocycles. The smallest absolute Gasteiger partial charge is 0.409 e. The highest BCUT2D eigenvalue weighted by molar-refractivity contribution is 5.78. The largest absolute Gasteiger partial charge is 0.427 e. The number of rotatable bonds is 8. The van der Waals surface area contributed by atoms with Crippen LogP contribution in [0.15, 0.2) is 78.9 Å². The third-order valence-corrected chi connectivity index (χ3v) is 6.91. The Labute approximate surface area is 228 Å². The van der Waals surface area contributed by atoms with E-state index in [1.807, 2.05) is 60.5 Å². The Kier molecular flexibility index (Phi) is 8.32. The van der Waals surface area contributed by atoms with Gasteiger partial charge in [-0.15, -0.1) is 0 Å². The van der Waals surface area contributed by atoms with E-state index >= 15 is 0 Å². The molecule has 39 heavy (non-hydrogen) atoms. The number of piperazine rings is 1. The van der Waals surface area contributed by atoms with Gasteiger partial charge in [0.25, 0.3) is 0 Å². The number of ether oxygens (including phenoxy) is 1. The summed E-state index contributed by atoms with van der Waals surface area (Å²) in [5.74, 6) is 1.27. The second kappa shape index (κ2) is 12.4. The molecular weight excluding hydrogens is 488 g/mol. The molecule has 1 unspecified atom stereocenters. The zero-order valence-electron chi connectivity index (χ0n) is 22.0. The number of fused-ring (bicyclic) bond motifs is 1. The van der Waals surface area contributed by atoms with Gasteiger partial charge in [-0.2, -0.15) is 5.26 Å². The number of carbonyl (C=O) groups is 1. The Morgan fingerprint density at radius 2 is 1.97 bits per heavy atom. The van der Waals surface area contributed by atoms with Crippen LogP contribution < -0.4 is 10.2 Å². The number of aromatic nitrogens is 2. The monoisotopic (exact) mass is 520 g/mol. The summed E-state index contributed by atoms with van der Waals surface area (Å²) in [7, 11) is 0. The molecule has 3 aromatic carbocycles. The molecule has 1 amide bonds. The van der Waals surface area contributed by atoms with Gasteiger partial charge in [0.05, 0.1) is 22.7 Å². The number of benzene rings is 3. The van der Waals surface area contributed by atoms with Crippen molar-refractivity contribution in [1.82, 2.24) is 25.3 Å². The minimum atomic E-state index is -0.508. The third kappa shape index (κ3) is 7.11. The number of nitriles is 1. The van der Waals surface area contributed by atoms with Crippen LogP contribution in [0.2, 0.25) is 0 Å². The Morgan fingerprint density at radius 1 is 1.15 bits per heavy atom. The van der Waals surface area contributed by atoms with Crippen LogP contribution in [-0.4, -0.2) is 58.2 Å². The summed E-state index contributed by atoms with van der Waals surface area (Å²) in [6.45, 7) is 5.05. The summed E-state index contributed by atoms with van der Waals surface area (Å²) in [6, 6.07) is 25.6. The average molecular weight is 521 g/mol. The Balaban J connectivity index is 1.22. The lowest BCUT2D eigenvalue weighted by Crippen LogP contribution is -2.59. The maximum absolute atomic E-state index is 12.9. The van der Waals surface area contributed by atoms with E-state index in [0.717, 1.165) is 49.3 Å². The number of aromatic amines is 1. The summed E-state index contributed by atoms with van der Waals surface area (Å²) in [5, 5.41) is 11.1. The zero-order chi connectivity index (χ0) is 27.0. The van der Waals surface area contributed by atoms with Crippen LogP contribution >= 0.6 is 0 Å². The van der Waals surface area contributed by atoms with Crippen LogP contribution in [0.4, 0.5) is 4.79 Å². The molecule has 1 atom stereocenters. The standard InChI is InChI=1S/C31H32N6O2/c1-23-33-29-16-15-28(20-30(29)34-23)39-31(38)35-37-19-18-36(17-5-8-24-6-3-2-4-7-24)22-27(37)14-13-25-9-11-26(21-32)12-10-25/h2-12,15-16,20,27H,13-14,17-19,22H2,1H3,(H,33,34)(H,35,38).